The molecule has 7 aromatic rings. The summed E-state index contributed by atoms with van der Waals surface area (Å²) in [5.41, 5.74) is 3.86. The Kier molecular flexibility index (Phi) is 5.30. The van der Waals surface area contributed by atoms with Crippen molar-refractivity contribution in [1.82, 2.24) is 19.6 Å². The zero-order valence-electron chi connectivity index (χ0n) is 22.8. The Morgan fingerprint density at radius 3 is 2.33 bits per heavy atom. The molecule has 0 unspecified atom stereocenters. The van der Waals surface area contributed by atoms with Crippen molar-refractivity contribution in [2.24, 2.45) is 0 Å². The molecule has 2 aromatic heterocycles. The van der Waals surface area contributed by atoms with Gasteiger partial charge in [-0.3, -0.25) is 0 Å². The van der Waals surface area contributed by atoms with Crippen LogP contribution in [0.25, 0.3) is 38.6 Å². The largest absolute Gasteiger partial charge is 0.507 e. The van der Waals surface area contributed by atoms with Crippen molar-refractivity contribution in [3.05, 3.63) is 114 Å². The summed E-state index contributed by atoms with van der Waals surface area (Å²) in [4.78, 5) is 9.66. The highest BCUT2D eigenvalue weighted by atomic mass is 16.5. The predicted molar refractivity (Wildman–Crippen MR) is 160 cm³/mol. The molecule has 0 fully saturated rings. The van der Waals surface area contributed by atoms with Gasteiger partial charge in [-0.1, -0.05) is 66.7 Å². The average molecular weight is 553 g/mol. The maximum absolute atomic E-state index is 11.2. The van der Waals surface area contributed by atoms with E-state index in [9.17, 15) is 5.11 Å². The lowest BCUT2D eigenvalue weighted by molar-refractivity contribution is 0.354. The molecule has 3 heterocycles. The van der Waals surface area contributed by atoms with E-state index >= 15 is 0 Å². The molecule has 0 saturated heterocycles. The van der Waals surface area contributed by atoms with Crippen LogP contribution < -0.4 is 14.2 Å². The number of aromatic nitrogens is 4. The third-order valence-corrected chi connectivity index (χ3v) is 7.98. The van der Waals surface area contributed by atoms with E-state index in [0.717, 1.165) is 44.0 Å². The number of phenolic OH excluding ortho intramolecular Hbond substituents is 1. The van der Waals surface area contributed by atoms with E-state index in [2.05, 4.69) is 23.2 Å². The number of phenols is 1. The summed E-state index contributed by atoms with van der Waals surface area (Å²) >= 11 is 0. The van der Waals surface area contributed by atoms with E-state index in [0.29, 0.717) is 34.4 Å². The van der Waals surface area contributed by atoms with Crippen LogP contribution in [-0.2, 0) is 0 Å². The SMILES string of the molecule is COc1ccc([C@@H]2c3c(ccc4ccccc34)Oc3ncn4nc(-c5ccc6ccccc6c5O)nc4c32)cc1OC. The molecule has 0 bridgehead atoms. The molecular formula is C34H24N4O4. The number of hydrogen-bond donors (Lipinski definition) is 1. The highest BCUT2D eigenvalue weighted by Crippen LogP contribution is 2.51. The lowest BCUT2D eigenvalue weighted by Crippen LogP contribution is -2.15. The van der Waals surface area contributed by atoms with Crippen LogP contribution in [0.4, 0.5) is 0 Å². The fraction of sp³-hybridized carbons (Fsp3) is 0.0882. The molecule has 204 valence electrons. The fourth-order valence-corrected chi connectivity index (χ4v) is 6.02. The van der Waals surface area contributed by atoms with E-state index in [1.54, 1.807) is 25.1 Å². The predicted octanol–water partition coefficient (Wildman–Crippen LogP) is 7.11. The number of rotatable bonds is 4. The summed E-state index contributed by atoms with van der Waals surface area (Å²) in [7, 11) is 3.25. The highest BCUT2D eigenvalue weighted by Gasteiger charge is 2.35. The van der Waals surface area contributed by atoms with Crippen LogP contribution in [0.3, 0.4) is 0 Å². The average Bonchev–Trinajstić information content (AvgIpc) is 3.48. The third kappa shape index (κ3) is 3.51. The van der Waals surface area contributed by atoms with E-state index in [1.807, 2.05) is 72.8 Å². The van der Waals surface area contributed by atoms with Crippen LogP contribution in [0, 0.1) is 0 Å². The maximum atomic E-state index is 11.2. The molecule has 0 radical (unpaired) electrons. The maximum Gasteiger partial charge on any atom is 0.228 e. The van der Waals surface area contributed by atoms with Crippen molar-refractivity contribution in [2.75, 3.05) is 14.2 Å². The molecule has 1 aliphatic heterocycles. The number of ether oxygens (including phenoxy) is 3. The Bertz CT molecular complexity index is 2190. The van der Waals surface area contributed by atoms with Crippen molar-refractivity contribution in [3.63, 3.8) is 0 Å². The van der Waals surface area contributed by atoms with Crippen molar-refractivity contribution in [3.8, 4) is 40.3 Å². The molecule has 0 spiro atoms. The van der Waals surface area contributed by atoms with Gasteiger partial charge in [-0.25, -0.2) is 14.5 Å². The number of hydrogen-bond acceptors (Lipinski definition) is 7. The monoisotopic (exact) mass is 552 g/mol. The molecule has 0 amide bonds. The van der Waals surface area contributed by atoms with Gasteiger partial charge in [0.15, 0.2) is 23.0 Å². The van der Waals surface area contributed by atoms with Gasteiger partial charge in [0, 0.05) is 16.9 Å². The third-order valence-electron chi connectivity index (χ3n) is 7.98. The summed E-state index contributed by atoms with van der Waals surface area (Å²) < 4.78 is 19.3. The highest BCUT2D eigenvalue weighted by molar-refractivity contribution is 5.94. The normalized spacial score (nSPS) is 14.0. The van der Waals surface area contributed by atoms with Gasteiger partial charge in [-0.2, -0.15) is 0 Å². The molecule has 42 heavy (non-hydrogen) atoms. The molecule has 0 saturated carbocycles. The zero-order valence-corrected chi connectivity index (χ0v) is 22.8. The minimum Gasteiger partial charge on any atom is -0.507 e. The van der Waals surface area contributed by atoms with E-state index in [4.69, 9.17) is 24.3 Å². The van der Waals surface area contributed by atoms with Crippen LogP contribution in [0.2, 0.25) is 0 Å². The molecule has 5 aromatic carbocycles. The molecule has 8 rings (SSSR count). The summed E-state index contributed by atoms with van der Waals surface area (Å²) in [6.45, 7) is 0. The molecular weight excluding hydrogens is 528 g/mol. The van der Waals surface area contributed by atoms with E-state index in [-0.39, 0.29) is 11.7 Å². The van der Waals surface area contributed by atoms with Gasteiger partial charge in [0.05, 0.1) is 25.3 Å². The summed E-state index contributed by atoms with van der Waals surface area (Å²) in [5, 5.41) is 19.8. The summed E-state index contributed by atoms with van der Waals surface area (Å²) in [6, 6.07) is 29.7. The first kappa shape index (κ1) is 24.2. The minimum absolute atomic E-state index is 0.134. The first-order chi connectivity index (χ1) is 20.6. The number of aromatic hydroxyl groups is 1. The second-order valence-corrected chi connectivity index (χ2v) is 10.2. The number of benzene rings is 5. The summed E-state index contributed by atoms with van der Waals surface area (Å²) in [6.07, 6.45) is 1.60. The van der Waals surface area contributed by atoms with Crippen LogP contribution in [0.1, 0.15) is 22.6 Å². The molecule has 1 atom stereocenters. The van der Waals surface area contributed by atoms with Gasteiger partial charge in [0.25, 0.3) is 0 Å². The number of methoxy groups -OCH3 is 2. The Morgan fingerprint density at radius 2 is 1.52 bits per heavy atom. The first-order valence-electron chi connectivity index (χ1n) is 13.5. The van der Waals surface area contributed by atoms with Gasteiger partial charge in [0.1, 0.15) is 17.8 Å². The van der Waals surface area contributed by atoms with Crippen molar-refractivity contribution in [2.45, 2.75) is 5.92 Å². The lowest BCUT2D eigenvalue weighted by Gasteiger charge is -2.29. The zero-order chi connectivity index (χ0) is 28.4. The van der Waals surface area contributed by atoms with Gasteiger partial charge in [-0.05, 0) is 46.0 Å². The van der Waals surface area contributed by atoms with Crippen molar-refractivity contribution in [1.29, 1.82) is 0 Å². The van der Waals surface area contributed by atoms with Crippen molar-refractivity contribution >= 4 is 27.2 Å². The Morgan fingerprint density at radius 1 is 0.786 bits per heavy atom. The molecule has 8 nitrogen and oxygen atoms in total. The second kappa shape index (κ2) is 9.21. The van der Waals surface area contributed by atoms with E-state index in [1.165, 1.54) is 0 Å². The second-order valence-electron chi connectivity index (χ2n) is 10.2. The van der Waals surface area contributed by atoms with Crippen LogP contribution in [0.15, 0.2) is 97.3 Å². The summed E-state index contributed by atoms with van der Waals surface area (Å²) in [5.74, 6) is 2.65. The molecule has 8 heteroatoms. The minimum atomic E-state index is -0.312. The van der Waals surface area contributed by atoms with Crippen molar-refractivity contribution < 1.29 is 19.3 Å². The number of fused-ring (bicyclic) bond motifs is 7. The standard InChI is InChI=1S/C34H24N4O4/c1-40-25-15-13-21(17-27(25)41-2)28-29-22-9-5-3-7-19(22)12-16-26(29)42-34-30(28)33-36-32(37-38(33)18-35-34)24-14-11-20-8-4-6-10-23(20)31(24)39/h3-18,28,39H,1-2H3/t28-/m1/s1. The van der Waals surface area contributed by atoms with Crippen LogP contribution in [-0.4, -0.2) is 38.9 Å². The van der Waals surface area contributed by atoms with Gasteiger partial charge >= 0.3 is 0 Å². The van der Waals surface area contributed by atoms with Crippen LogP contribution >= 0.6 is 0 Å². The Hall–Kier alpha value is -5.63. The van der Waals surface area contributed by atoms with Gasteiger partial charge < -0.3 is 19.3 Å². The fourth-order valence-electron chi connectivity index (χ4n) is 6.02. The first-order valence-corrected chi connectivity index (χ1v) is 13.5. The van der Waals surface area contributed by atoms with E-state index < -0.39 is 0 Å². The van der Waals surface area contributed by atoms with Gasteiger partial charge in [-0.15, -0.1) is 5.10 Å². The Labute approximate surface area is 240 Å². The Balaban J connectivity index is 1.41. The topological polar surface area (TPSA) is 91.0 Å². The molecule has 0 aliphatic carbocycles. The molecule has 1 aliphatic rings. The smallest absolute Gasteiger partial charge is 0.228 e. The van der Waals surface area contributed by atoms with Gasteiger partial charge in [0.2, 0.25) is 5.88 Å². The number of nitrogens with zero attached hydrogens (tertiary/aromatic N) is 4. The quantitative estimate of drug-likeness (QED) is 0.249. The van der Waals surface area contributed by atoms with Crippen LogP contribution in [0.5, 0.6) is 28.9 Å². The lowest BCUT2D eigenvalue weighted by atomic mass is 9.81. The molecule has 1 N–H and O–H groups in total.